The Morgan fingerprint density at radius 1 is 1.40 bits per heavy atom. The summed E-state index contributed by atoms with van der Waals surface area (Å²) in [4.78, 5) is 12.2. The van der Waals surface area contributed by atoms with Gasteiger partial charge in [0.2, 0.25) is 0 Å². The number of benzene rings is 1. The van der Waals surface area contributed by atoms with Crippen LogP contribution in [0.4, 0.5) is 0 Å². The predicted octanol–water partition coefficient (Wildman–Crippen LogP) is 2.12. The molecular weight excluding hydrogens is 320 g/mol. The third kappa shape index (κ3) is 3.71. The highest BCUT2D eigenvalue weighted by molar-refractivity contribution is 9.10. The quantitative estimate of drug-likeness (QED) is 0.878. The first-order valence-electron chi connectivity index (χ1n) is 6.37. The Bertz CT molecular complexity index is 581. The zero-order valence-corrected chi connectivity index (χ0v) is 12.8. The summed E-state index contributed by atoms with van der Waals surface area (Å²) in [6.45, 7) is -0.0910. The minimum atomic E-state index is -0.293. The minimum Gasteiger partial charge on any atom is -0.394 e. The van der Waals surface area contributed by atoms with Crippen molar-refractivity contribution in [2.45, 2.75) is 12.5 Å². The Morgan fingerprint density at radius 2 is 2.10 bits per heavy atom. The lowest BCUT2D eigenvalue weighted by Crippen LogP contribution is -2.39. The van der Waals surface area contributed by atoms with Crippen molar-refractivity contribution in [3.8, 4) is 0 Å². The van der Waals surface area contributed by atoms with Gasteiger partial charge in [-0.1, -0.05) is 30.3 Å². The molecule has 1 aromatic carbocycles. The molecule has 0 spiro atoms. The lowest BCUT2D eigenvalue weighted by Gasteiger charge is -2.16. The van der Waals surface area contributed by atoms with Crippen LogP contribution in [0.5, 0.6) is 0 Å². The smallest absolute Gasteiger partial charge is 0.268 e. The van der Waals surface area contributed by atoms with E-state index in [2.05, 4.69) is 21.2 Å². The Kier molecular flexibility index (Phi) is 4.98. The summed E-state index contributed by atoms with van der Waals surface area (Å²) >= 11 is 3.34. The van der Waals surface area contributed by atoms with Crippen molar-refractivity contribution in [3.63, 3.8) is 0 Å². The fourth-order valence-corrected chi connectivity index (χ4v) is 2.59. The van der Waals surface area contributed by atoms with Crippen LogP contribution in [0.2, 0.25) is 0 Å². The molecule has 0 saturated carbocycles. The molecule has 0 aliphatic rings. The van der Waals surface area contributed by atoms with Gasteiger partial charge in [-0.15, -0.1) is 0 Å². The molecule has 20 heavy (non-hydrogen) atoms. The van der Waals surface area contributed by atoms with E-state index in [9.17, 15) is 9.90 Å². The van der Waals surface area contributed by atoms with Crippen molar-refractivity contribution in [3.05, 3.63) is 58.3 Å². The van der Waals surface area contributed by atoms with Crippen molar-refractivity contribution < 1.29 is 9.90 Å². The normalized spacial score (nSPS) is 12.2. The molecule has 0 radical (unpaired) electrons. The molecule has 1 atom stereocenters. The largest absolute Gasteiger partial charge is 0.394 e. The van der Waals surface area contributed by atoms with Gasteiger partial charge in [0.1, 0.15) is 5.69 Å². The summed E-state index contributed by atoms with van der Waals surface area (Å²) in [6.07, 6.45) is 2.43. The predicted molar refractivity (Wildman–Crippen MR) is 81.6 cm³/mol. The van der Waals surface area contributed by atoms with Gasteiger partial charge in [0.05, 0.1) is 12.6 Å². The molecule has 0 aliphatic carbocycles. The maximum atomic E-state index is 12.2. The summed E-state index contributed by atoms with van der Waals surface area (Å²) in [6, 6.07) is 11.3. The van der Waals surface area contributed by atoms with Gasteiger partial charge in [0.15, 0.2) is 0 Å². The minimum absolute atomic E-state index is 0.0910. The first-order chi connectivity index (χ1) is 9.60. The molecule has 0 unspecified atom stereocenters. The summed E-state index contributed by atoms with van der Waals surface area (Å²) in [5, 5.41) is 12.3. The number of aliphatic hydroxyl groups excluding tert-OH is 1. The molecule has 0 bridgehead atoms. The number of carbonyl (C=O) groups is 1. The summed E-state index contributed by atoms with van der Waals surface area (Å²) in [5.74, 6) is -0.187. The van der Waals surface area contributed by atoms with E-state index < -0.39 is 0 Å². The molecular formula is C15H17BrN2O2. The molecule has 5 heteroatoms. The molecule has 106 valence electrons. The maximum Gasteiger partial charge on any atom is 0.268 e. The Balaban J connectivity index is 2.03. The molecule has 2 rings (SSSR count). The van der Waals surface area contributed by atoms with E-state index in [1.54, 1.807) is 10.6 Å². The highest BCUT2D eigenvalue weighted by Crippen LogP contribution is 2.14. The lowest BCUT2D eigenvalue weighted by molar-refractivity contribution is 0.0908. The molecule has 2 aromatic rings. The van der Waals surface area contributed by atoms with E-state index in [0.717, 1.165) is 10.0 Å². The van der Waals surface area contributed by atoms with E-state index in [1.165, 1.54) is 0 Å². The Morgan fingerprint density at radius 3 is 2.65 bits per heavy atom. The van der Waals surface area contributed by atoms with Crippen LogP contribution in [0.25, 0.3) is 0 Å². The van der Waals surface area contributed by atoms with E-state index in [-0.39, 0.29) is 18.6 Å². The van der Waals surface area contributed by atoms with Gasteiger partial charge in [-0.2, -0.15) is 0 Å². The van der Waals surface area contributed by atoms with Crippen LogP contribution in [-0.2, 0) is 13.5 Å². The van der Waals surface area contributed by atoms with Crippen LogP contribution >= 0.6 is 15.9 Å². The topological polar surface area (TPSA) is 54.3 Å². The number of rotatable bonds is 5. The van der Waals surface area contributed by atoms with E-state index in [4.69, 9.17) is 0 Å². The zero-order chi connectivity index (χ0) is 14.5. The summed E-state index contributed by atoms with van der Waals surface area (Å²) < 4.78 is 2.60. The second kappa shape index (κ2) is 6.72. The lowest BCUT2D eigenvalue weighted by atomic mass is 10.1. The van der Waals surface area contributed by atoms with Gasteiger partial charge in [0.25, 0.3) is 5.91 Å². The van der Waals surface area contributed by atoms with E-state index in [0.29, 0.717) is 12.1 Å². The highest BCUT2D eigenvalue weighted by atomic mass is 79.9. The van der Waals surface area contributed by atoms with Crippen molar-refractivity contribution in [2.24, 2.45) is 7.05 Å². The van der Waals surface area contributed by atoms with Crippen LogP contribution in [0.1, 0.15) is 16.1 Å². The Hall–Kier alpha value is -1.59. The molecule has 1 aromatic heterocycles. The van der Waals surface area contributed by atoms with Crippen molar-refractivity contribution in [1.82, 2.24) is 9.88 Å². The SMILES string of the molecule is Cn1cc(Br)cc1C(=O)N[C@H](CO)Cc1ccccc1. The van der Waals surface area contributed by atoms with Crippen molar-refractivity contribution >= 4 is 21.8 Å². The molecule has 4 nitrogen and oxygen atoms in total. The van der Waals surface area contributed by atoms with Gasteiger partial charge in [0, 0.05) is 17.7 Å². The number of amides is 1. The van der Waals surface area contributed by atoms with Crippen LogP contribution in [0.15, 0.2) is 47.1 Å². The van der Waals surface area contributed by atoms with Gasteiger partial charge < -0.3 is 15.0 Å². The average molecular weight is 337 g/mol. The van der Waals surface area contributed by atoms with Crippen LogP contribution in [-0.4, -0.2) is 28.2 Å². The third-order valence-electron chi connectivity index (χ3n) is 3.08. The van der Waals surface area contributed by atoms with Crippen molar-refractivity contribution in [2.75, 3.05) is 6.61 Å². The number of aryl methyl sites for hydroxylation is 1. The highest BCUT2D eigenvalue weighted by Gasteiger charge is 2.16. The average Bonchev–Trinajstić information content (AvgIpc) is 2.78. The molecule has 1 amide bonds. The zero-order valence-electron chi connectivity index (χ0n) is 11.2. The molecule has 1 heterocycles. The second-order valence-electron chi connectivity index (χ2n) is 4.70. The van der Waals surface area contributed by atoms with Gasteiger partial charge >= 0.3 is 0 Å². The fraction of sp³-hybridized carbons (Fsp3) is 0.267. The van der Waals surface area contributed by atoms with Crippen molar-refractivity contribution in [1.29, 1.82) is 0 Å². The number of hydrogen-bond acceptors (Lipinski definition) is 2. The van der Waals surface area contributed by atoms with Gasteiger partial charge in [-0.3, -0.25) is 4.79 Å². The van der Waals surface area contributed by atoms with Crippen LogP contribution in [0.3, 0.4) is 0 Å². The van der Waals surface area contributed by atoms with E-state index in [1.807, 2.05) is 43.6 Å². The number of aromatic nitrogens is 1. The van der Waals surface area contributed by atoms with Crippen LogP contribution < -0.4 is 5.32 Å². The number of nitrogens with one attached hydrogen (secondary N) is 1. The van der Waals surface area contributed by atoms with Crippen LogP contribution in [0, 0.1) is 0 Å². The monoisotopic (exact) mass is 336 g/mol. The first-order valence-corrected chi connectivity index (χ1v) is 7.17. The molecule has 0 aliphatic heterocycles. The number of carbonyl (C=O) groups excluding carboxylic acids is 1. The number of aliphatic hydroxyl groups is 1. The summed E-state index contributed by atoms with van der Waals surface area (Å²) in [7, 11) is 1.81. The van der Waals surface area contributed by atoms with E-state index >= 15 is 0 Å². The fourth-order valence-electron chi connectivity index (χ4n) is 2.07. The summed E-state index contributed by atoms with van der Waals surface area (Å²) in [5.41, 5.74) is 1.64. The second-order valence-corrected chi connectivity index (χ2v) is 5.61. The Labute approximate surface area is 126 Å². The molecule has 2 N–H and O–H groups in total. The number of nitrogens with zero attached hydrogens (tertiary/aromatic N) is 1. The first kappa shape index (κ1) is 14.8. The standard InChI is InChI=1S/C15H17BrN2O2/c1-18-9-12(16)8-14(18)15(20)17-13(10-19)7-11-5-3-2-4-6-11/h2-6,8-9,13,19H,7,10H2,1H3,(H,17,20)/t13-/m0/s1. The molecule has 0 saturated heterocycles. The van der Waals surface area contributed by atoms with Gasteiger partial charge in [-0.25, -0.2) is 0 Å². The van der Waals surface area contributed by atoms with Gasteiger partial charge in [-0.05, 0) is 34.0 Å². The molecule has 0 fully saturated rings. The number of halogens is 1. The number of hydrogen-bond donors (Lipinski definition) is 2. The third-order valence-corrected chi connectivity index (χ3v) is 3.52. The maximum absolute atomic E-state index is 12.2.